The molecule has 1 aromatic carbocycles. The Morgan fingerprint density at radius 3 is 2.36 bits per heavy atom. The Morgan fingerprint density at radius 1 is 1.36 bits per heavy atom. The first-order valence-corrected chi connectivity index (χ1v) is 6.80. The van der Waals surface area contributed by atoms with E-state index in [1.807, 2.05) is 25.1 Å². The van der Waals surface area contributed by atoms with Crippen molar-refractivity contribution in [1.82, 2.24) is 0 Å². The van der Waals surface area contributed by atoms with Gasteiger partial charge in [-0.2, -0.15) is 0 Å². The van der Waals surface area contributed by atoms with Gasteiger partial charge in [0.2, 0.25) is 0 Å². The molecule has 1 nitrogen and oxygen atoms in total. The van der Waals surface area contributed by atoms with E-state index in [0.717, 1.165) is 15.3 Å². The van der Waals surface area contributed by atoms with Crippen LogP contribution in [0.2, 0.25) is 0 Å². The van der Waals surface area contributed by atoms with Crippen molar-refractivity contribution in [3.05, 3.63) is 53.0 Å². The zero-order valence-corrected chi connectivity index (χ0v) is 10.5. The van der Waals surface area contributed by atoms with E-state index >= 15 is 0 Å². The zero-order chi connectivity index (χ0) is 10.8. The normalized spacial score (nSPS) is 11.0. The molecule has 1 aromatic rings. The average Bonchev–Trinajstić information content (AvgIpc) is 2.17. The maximum Gasteiger partial charge on any atom is 0.157 e. The lowest BCUT2D eigenvalue weighted by atomic mass is 10.2. The molecule has 3 heteroatoms. The van der Waals surface area contributed by atoms with Crippen LogP contribution in [0.25, 0.3) is 0 Å². The van der Waals surface area contributed by atoms with Gasteiger partial charge in [-0.3, -0.25) is 0 Å². The summed E-state index contributed by atoms with van der Waals surface area (Å²) >= 11 is 3.40. The Bertz CT molecular complexity index is 411. The maximum atomic E-state index is 12.2. The highest BCUT2D eigenvalue weighted by atomic mass is 79.9. The van der Waals surface area contributed by atoms with Crippen LogP contribution in [0.1, 0.15) is 5.56 Å². The first kappa shape index (κ1) is 11.5. The van der Waals surface area contributed by atoms with Crippen LogP contribution >= 0.6 is 23.1 Å². The molecule has 0 unspecified atom stereocenters. The standard InChI is InChI=1S/C11H12BrOP/c1-4-14(13,5-2)11-7-6-9(3)8-10(11)12/h4-8H,1-2H2,3H3. The molecular formula is C11H12BrOP. The molecule has 0 bridgehead atoms. The molecule has 1 rings (SSSR count). The van der Waals surface area contributed by atoms with Crippen molar-refractivity contribution in [3.63, 3.8) is 0 Å². The fourth-order valence-corrected chi connectivity index (χ4v) is 3.74. The third kappa shape index (κ3) is 2.08. The highest BCUT2D eigenvalue weighted by Crippen LogP contribution is 2.48. The minimum atomic E-state index is -2.61. The summed E-state index contributed by atoms with van der Waals surface area (Å²) in [6.45, 7) is 9.16. The summed E-state index contributed by atoms with van der Waals surface area (Å²) in [7, 11) is -2.61. The highest BCUT2D eigenvalue weighted by molar-refractivity contribution is 9.10. The van der Waals surface area contributed by atoms with E-state index in [-0.39, 0.29) is 0 Å². The molecule has 0 atom stereocenters. The van der Waals surface area contributed by atoms with Gasteiger partial charge in [-0.15, -0.1) is 0 Å². The van der Waals surface area contributed by atoms with E-state index in [9.17, 15) is 4.57 Å². The first-order valence-electron chi connectivity index (χ1n) is 4.17. The zero-order valence-electron chi connectivity index (χ0n) is 8.03. The smallest absolute Gasteiger partial charge is 0.157 e. The van der Waals surface area contributed by atoms with E-state index in [2.05, 4.69) is 29.1 Å². The van der Waals surface area contributed by atoms with Crippen molar-refractivity contribution < 1.29 is 4.57 Å². The number of rotatable bonds is 3. The van der Waals surface area contributed by atoms with Crippen molar-refractivity contribution in [3.8, 4) is 0 Å². The molecule has 0 saturated carbocycles. The fourth-order valence-electron chi connectivity index (χ4n) is 1.17. The minimum Gasteiger partial charge on any atom is -0.310 e. The fraction of sp³-hybridized carbons (Fsp3) is 0.0909. The third-order valence-electron chi connectivity index (χ3n) is 2.02. The first-order chi connectivity index (χ1) is 6.53. The van der Waals surface area contributed by atoms with Crippen LogP contribution in [-0.4, -0.2) is 0 Å². The molecule has 0 aromatic heterocycles. The van der Waals surface area contributed by atoms with E-state index in [4.69, 9.17) is 0 Å². The van der Waals surface area contributed by atoms with Crippen LogP contribution in [0.5, 0.6) is 0 Å². The lowest BCUT2D eigenvalue weighted by molar-refractivity contribution is 0.592. The predicted octanol–water partition coefficient (Wildman–Crippen LogP) is 4.03. The van der Waals surface area contributed by atoms with Gasteiger partial charge in [-0.25, -0.2) is 0 Å². The molecular weight excluding hydrogens is 259 g/mol. The maximum absolute atomic E-state index is 12.2. The molecule has 0 saturated heterocycles. The number of hydrogen-bond donors (Lipinski definition) is 0. The van der Waals surface area contributed by atoms with Gasteiger partial charge < -0.3 is 4.57 Å². The second-order valence-corrected chi connectivity index (χ2v) is 6.51. The van der Waals surface area contributed by atoms with Gasteiger partial charge in [0.05, 0.1) is 0 Å². The molecule has 0 amide bonds. The summed E-state index contributed by atoms with van der Waals surface area (Å²) in [5, 5.41) is 0.758. The average molecular weight is 271 g/mol. The lowest BCUT2D eigenvalue weighted by Crippen LogP contribution is -2.03. The molecule has 14 heavy (non-hydrogen) atoms. The molecule has 0 aliphatic rings. The highest BCUT2D eigenvalue weighted by Gasteiger charge is 2.18. The van der Waals surface area contributed by atoms with Gasteiger partial charge >= 0.3 is 0 Å². The Balaban J connectivity index is 3.39. The Hall–Kier alpha value is -0.590. The molecule has 0 aliphatic carbocycles. The summed E-state index contributed by atoms with van der Waals surface area (Å²) in [6, 6.07) is 5.72. The summed E-state index contributed by atoms with van der Waals surface area (Å²) in [5.74, 6) is 2.94. The quantitative estimate of drug-likeness (QED) is 0.758. The number of benzene rings is 1. The molecule has 0 radical (unpaired) electrons. The van der Waals surface area contributed by atoms with E-state index in [1.54, 1.807) is 0 Å². The van der Waals surface area contributed by atoms with E-state index in [0.29, 0.717) is 0 Å². The van der Waals surface area contributed by atoms with Crippen LogP contribution in [0, 0.1) is 6.92 Å². The minimum absolute atomic E-state index is 0.758. The number of aryl methyl sites for hydroxylation is 1. The Morgan fingerprint density at radius 2 is 1.93 bits per heavy atom. The second-order valence-electron chi connectivity index (χ2n) is 3.03. The predicted molar refractivity (Wildman–Crippen MR) is 66.5 cm³/mol. The van der Waals surface area contributed by atoms with Crippen LogP contribution in [0.15, 0.2) is 47.5 Å². The van der Waals surface area contributed by atoms with Crippen LogP contribution in [0.4, 0.5) is 0 Å². The molecule has 74 valence electrons. The monoisotopic (exact) mass is 270 g/mol. The van der Waals surface area contributed by atoms with Gasteiger partial charge in [-0.1, -0.05) is 19.2 Å². The van der Waals surface area contributed by atoms with Crippen molar-refractivity contribution >= 4 is 28.4 Å². The SMILES string of the molecule is C=CP(=O)(C=C)c1ccc(C)cc1Br. The largest absolute Gasteiger partial charge is 0.310 e. The van der Waals surface area contributed by atoms with Crippen molar-refractivity contribution in [2.24, 2.45) is 0 Å². The van der Waals surface area contributed by atoms with Gasteiger partial charge in [0.25, 0.3) is 0 Å². The molecule has 0 spiro atoms. The summed E-state index contributed by atoms with van der Waals surface area (Å²) in [6.07, 6.45) is 0. The summed E-state index contributed by atoms with van der Waals surface area (Å²) < 4.78 is 13.1. The van der Waals surface area contributed by atoms with Crippen LogP contribution < -0.4 is 5.30 Å². The van der Waals surface area contributed by atoms with Gasteiger partial charge in [-0.05, 0) is 52.2 Å². The lowest BCUT2D eigenvalue weighted by Gasteiger charge is -2.11. The van der Waals surface area contributed by atoms with Gasteiger partial charge in [0.15, 0.2) is 7.14 Å². The number of halogens is 1. The van der Waals surface area contributed by atoms with Crippen molar-refractivity contribution in [2.75, 3.05) is 0 Å². The van der Waals surface area contributed by atoms with E-state index < -0.39 is 7.14 Å². The molecule has 0 heterocycles. The Kier molecular flexibility index (Phi) is 3.52. The van der Waals surface area contributed by atoms with Crippen molar-refractivity contribution in [1.29, 1.82) is 0 Å². The van der Waals surface area contributed by atoms with Gasteiger partial charge in [0, 0.05) is 9.78 Å². The second kappa shape index (κ2) is 4.29. The van der Waals surface area contributed by atoms with Crippen LogP contribution in [-0.2, 0) is 4.57 Å². The summed E-state index contributed by atoms with van der Waals surface area (Å²) in [4.78, 5) is 0. The topological polar surface area (TPSA) is 17.1 Å². The molecule has 0 aliphatic heterocycles. The number of hydrogen-bond acceptors (Lipinski definition) is 1. The summed E-state index contributed by atoms with van der Waals surface area (Å²) in [5.41, 5.74) is 1.13. The molecule has 0 N–H and O–H groups in total. The Labute approximate surface area is 93.0 Å². The van der Waals surface area contributed by atoms with Gasteiger partial charge in [0.1, 0.15) is 0 Å². The van der Waals surface area contributed by atoms with E-state index in [1.165, 1.54) is 11.6 Å². The molecule has 0 fully saturated rings. The third-order valence-corrected chi connectivity index (χ3v) is 5.21. The van der Waals surface area contributed by atoms with Crippen LogP contribution in [0.3, 0.4) is 0 Å². The van der Waals surface area contributed by atoms with Crippen molar-refractivity contribution in [2.45, 2.75) is 6.92 Å².